The van der Waals surface area contributed by atoms with Gasteiger partial charge in [-0.05, 0) is 41.8 Å². The van der Waals surface area contributed by atoms with Gasteiger partial charge in [-0.1, -0.05) is 31.2 Å². The first-order valence-corrected chi connectivity index (χ1v) is 9.62. The van der Waals surface area contributed by atoms with Gasteiger partial charge < -0.3 is 20.3 Å². The molecule has 0 spiro atoms. The SMILES string of the molecule is CCCOc1ccc([C@@H]2NC(=O)NC3=C2C(=O)N(Cc2ccc(F)cc2)C3)cc1. The Kier molecular flexibility index (Phi) is 5.20. The molecule has 0 saturated carbocycles. The normalized spacial score (nSPS) is 18.4. The maximum atomic E-state index is 13.1. The average Bonchev–Trinajstić information content (AvgIpc) is 3.03. The lowest BCUT2D eigenvalue weighted by atomic mass is 9.96. The predicted molar refractivity (Wildman–Crippen MR) is 105 cm³/mol. The molecular formula is C22H22FN3O3. The van der Waals surface area contributed by atoms with Gasteiger partial charge in [0, 0.05) is 6.54 Å². The minimum Gasteiger partial charge on any atom is -0.494 e. The molecule has 2 aliphatic rings. The van der Waals surface area contributed by atoms with Crippen LogP contribution in [0.25, 0.3) is 0 Å². The molecule has 7 heteroatoms. The van der Waals surface area contributed by atoms with E-state index in [2.05, 4.69) is 10.6 Å². The highest BCUT2D eigenvalue weighted by molar-refractivity contribution is 6.01. The Morgan fingerprint density at radius 2 is 1.83 bits per heavy atom. The summed E-state index contributed by atoms with van der Waals surface area (Å²) < 4.78 is 18.7. The van der Waals surface area contributed by atoms with E-state index in [9.17, 15) is 14.0 Å². The first kappa shape index (κ1) is 19.0. The Hall–Kier alpha value is -3.35. The second-order valence-electron chi connectivity index (χ2n) is 7.13. The largest absolute Gasteiger partial charge is 0.494 e. The maximum Gasteiger partial charge on any atom is 0.319 e. The van der Waals surface area contributed by atoms with Gasteiger partial charge in [0.15, 0.2) is 0 Å². The van der Waals surface area contributed by atoms with Crippen LogP contribution >= 0.6 is 0 Å². The van der Waals surface area contributed by atoms with Crippen molar-refractivity contribution in [3.8, 4) is 5.75 Å². The Morgan fingerprint density at radius 1 is 1.10 bits per heavy atom. The van der Waals surface area contributed by atoms with Crippen LogP contribution in [-0.2, 0) is 11.3 Å². The van der Waals surface area contributed by atoms with Crippen molar-refractivity contribution in [3.63, 3.8) is 0 Å². The highest BCUT2D eigenvalue weighted by atomic mass is 19.1. The Labute approximate surface area is 168 Å². The first-order valence-electron chi connectivity index (χ1n) is 9.62. The highest BCUT2D eigenvalue weighted by Gasteiger charge is 2.40. The highest BCUT2D eigenvalue weighted by Crippen LogP contribution is 2.33. The predicted octanol–water partition coefficient (Wildman–Crippen LogP) is 3.26. The minimum absolute atomic E-state index is 0.145. The number of hydrogen-bond acceptors (Lipinski definition) is 3. The van der Waals surface area contributed by atoms with Gasteiger partial charge in [-0.25, -0.2) is 9.18 Å². The van der Waals surface area contributed by atoms with Gasteiger partial charge in [0.2, 0.25) is 0 Å². The Balaban J connectivity index is 1.55. The van der Waals surface area contributed by atoms with Gasteiger partial charge >= 0.3 is 6.03 Å². The van der Waals surface area contributed by atoms with E-state index in [0.29, 0.717) is 31.0 Å². The third kappa shape index (κ3) is 3.94. The third-order valence-corrected chi connectivity index (χ3v) is 4.99. The zero-order valence-electron chi connectivity index (χ0n) is 16.1. The maximum absolute atomic E-state index is 13.1. The summed E-state index contributed by atoms with van der Waals surface area (Å²) >= 11 is 0. The summed E-state index contributed by atoms with van der Waals surface area (Å²) in [6.07, 6.45) is 0.917. The van der Waals surface area contributed by atoms with Crippen LogP contribution in [0, 0.1) is 5.82 Å². The van der Waals surface area contributed by atoms with Gasteiger partial charge in [0.1, 0.15) is 11.6 Å². The fraction of sp³-hybridized carbons (Fsp3) is 0.273. The van der Waals surface area contributed by atoms with Crippen molar-refractivity contribution in [1.29, 1.82) is 0 Å². The quantitative estimate of drug-likeness (QED) is 0.789. The number of ether oxygens (including phenoxy) is 1. The second kappa shape index (κ2) is 7.95. The van der Waals surface area contributed by atoms with Gasteiger partial charge in [0.25, 0.3) is 5.91 Å². The number of amides is 3. The van der Waals surface area contributed by atoms with E-state index in [1.165, 1.54) is 12.1 Å². The van der Waals surface area contributed by atoms with Crippen LogP contribution in [0.2, 0.25) is 0 Å². The van der Waals surface area contributed by atoms with E-state index in [1.54, 1.807) is 17.0 Å². The summed E-state index contributed by atoms with van der Waals surface area (Å²) in [5.41, 5.74) is 2.78. The minimum atomic E-state index is -0.523. The number of nitrogens with one attached hydrogen (secondary N) is 2. The molecule has 29 heavy (non-hydrogen) atoms. The zero-order valence-corrected chi connectivity index (χ0v) is 16.1. The summed E-state index contributed by atoms with van der Waals surface area (Å²) in [5, 5.41) is 5.60. The summed E-state index contributed by atoms with van der Waals surface area (Å²) in [6, 6.07) is 12.6. The lowest BCUT2D eigenvalue weighted by Gasteiger charge is -2.25. The monoisotopic (exact) mass is 395 g/mol. The van der Waals surface area contributed by atoms with E-state index in [1.807, 2.05) is 31.2 Å². The van der Waals surface area contributed by atoms with Crippen molar-refractivity contribution in [1.82, 2.24) is 15.5 Å². The number of urea groups is 1. The lowest BCUT2D eigenvalue weighted by Crippen LogP contribution is -2.44. The fourth-order valence-electron chi connectivity index (χ4n) is 3.59. The van der Waals surface area contributed by atoms with E-state index in [0.717, 1.165) is 23.3 Å². The average molecular weight is 395 g/mol. The summed E-state index contributed by atoms with van der Waals surface area (Å²) in [5.74, 6) is 0.288. The Bertz CT molecular complexity index is 954. The molecule has 1 atom stereocenters. The number of rotatable bonds is 6. The second-order valence-corrected chi connectivity index (χ2v) is 7.13. The zero-order chi connectivity index (χ0) is 20.4. The van der Waals surface area contributed by atoms with Crippen LogP contribution in [0.15, 0.2) is 59.8 Å². The molecular weight excluding hydrogens is 373 g/mol. The van der Waals surface area contributed by atoms with Crippen molar-refractivity contribution < 1.29 is 18.7 Å². The van der Waals surface area contributed by atoms with Crippen LogP contribution in [0.4, 0.5) is 9.18 Å². The van der Waals surface area contributed by atoms with Crippen molar-refractivity contribution >= 4 is 11.9 Å². The molecule has 2 heterocycles. The van der Waals surface area contributed by atoms with E-state index < -0.39 is 6.04 Å². The molecule has 2 aromatic rings. The number of carbonyl (C=O) groups is 2. The van der Waals surface area contributed by atoms with Gasteiger partial charge in [-0.2, -0.15) is 0 Å². The number of hydrogen-bond donors (Lipinski definition) is 2. The number of carbonyl (C=O) groups excluding carboxylic acids is 2. The van der Waals surface area contributed by atoms with E-state index in [-0.39, 0.29) is 17.8 Å². The standard InChI is InChI=1S/C22H22FN3O3/c1-2-11-29-17-9-5-15(6-10-17)20-19-18(24-22(28)25-20)13-26(21(19)27)12-14-3-7-16(23)8-4-14/h3-10,20H,2,11-13H2,1H3,(H2,24,25,28)/t20-/m0/s1. The molecule has 4 rings (SSSR count). The number of benzene rings is 2. The smallest absolute Gasteiger partial charge is 0.319 e. The molecule has 2 aromatic carbocycles. The molecule has 150 valence electrons. The molecule has 2 aliphatic heterocycles. The fourth-order valence-corrected chi connectivity index (χ4v) is 3.59. The van der Waals surface area contributed by atoms with Gasteiger partial charge in [-0.15, -0.1) is 0 Å². The lowest BCUT2D eigenvalue weighted by molar-refractivity contribution is -0.126. The van der Waals surface area contributed by atoms with Crippen LogP contribution < -0.4 is 15.4 Å². The molecule has 3 amide bonds. The molecule has 0 fully saturated rings. The van der Waals surface area contributed by atoms with Crippen LogP contribution in [0.3, 0.4) is 0 Å². The molecule has 0 radical (unpaired) electrons. The van der Waals surface area contributed by atoms with Crippen LogP contribution in [0.5, 0.6) is 5.75 Å². The number of nitrogens with zero attached hydrogens (tertiary/aromatic N) is 1. The topological polar surface area (TPSA) is 70.7 Å². The van der Waals surface area contributed by atoms with Gasteiger partial charge in [-0.3, -0.25) is 4.79 Å². The number of halogens is 1. The van der Waals surface area contributed by atoms with Crippen LogP contribution in [0.1, 0.15) is 30.5 Å². The summed E-state index contributed by atoms with van der Waals surface area (Å²) in [4.78, 5) is 26.9. The Morgan fingerprint density at radius 3 is 2.52 bits per heavy atom. The molecule has 0 saturated heterocycles. The van der Waals surface area contributed by atoms with Crippen molar-refractivity contribution in [3.05, 3.63) is 76.7 Å². The summed E-state index contributed by atoms with van der Waals surface area (Å²) in [6.45, 7) is 3.33. The van der Waals surface area contributed by atoms with Crippen molar-refractivity contribution in [2.45, 2.75) is 25.9 Å². The molecule has 2 N–H and O–H groups in total. The molecule has 0 unspecified atom stereocenters. The molecule has 0 aliphatic carbocycles. The molecule has 6 nitrogen and oxygen atoms in total. The first-order chi connectivity index (χ1) is 14.0. The van der Waals surface area contributed by atoms with E-state index >= 15 is 0 Å². The molecule has 0 aromatic heterocycles. The van der Waals surface area contributed by atoms with E-state index in [4.69, 9.17) is 4.74 Å². The molecule has 0 bridgehead atoms. The van der Waals surface area contributed by atoms with Crippen LogP contribution in [-0.4, -0.2) is 30.0 Å². The van der Waals surface area contributed by atoms with Crippen molar-refractivity contribution in [2.24, 2.45) is 0 Å². The summed E-state index contributed by atoms with van der Waals surface area (Å²) in [7, 11) is 0. The third-order valence-electron chi connectivity index (χ3n) is 4.99. The van der Waals surface area contributed by atoms with Gasteiger partial charge in [0.05, 0.1) is 30.5 Å². The van der Waals surface area contributed by atoms with Crippen molar-refractivity contribution in [2.75, 3.05) is 13.2 Å².